The van der Waals surface area contributed by atoms with Crippen LogP contribution in [-0.4, -0.2) is 28.4 Å². The highest BCUT2D eigenvalue weighted by molar-refractivity contribution is 5.83. The first-order valence-electron chi connectivity index (χ1n) is 4.08. The molecule has 4 N–H and O–H groups in total. The molecule has 0 fully saturated rings. The van der Waals surface area contributed by atoms with E-state index < -0.39 is 23.3 Å². The van der Waals surface area contributed by atoms with Crippen LogP contribution in [0.5, 0.6) is 0 Å². The predicted molar refractivity (Wildman–Crippen MR) is 49.6 cm³/mol. The molecule has 0 saturated heterocycles. The topological polar surface area (TPSA) is 102 Å². The van der Waals surface area contributed by atoms with Gasteiger partial charge in [-0.3, -0.25) is 11.1 Å². The highest BCUT2D eigenvalue weighted by Gasteiger charge is 2.31. The summed E-state index contributed by atoms with van der Waals surface area (Å²) in [5.74, 6) is -1.33. The van der Waals surface area contributed by atoms with Crippen LogP contribution in [0.1, 0.15) is 27.7 Å². The van der Waals surface area contributed by atoms with Gasteiger partial charge in [0.2, 0.25) is 0 Å². The molecule has 0 aromatic carbocycles. The van der Waals surface area contributed by atoms with Gasteiger partial charge in [0.1, 0.15) is 5.60 Å². The van der Waals surface area contributed by atoms with Crippen molar-refractivity contribution < 1.29 is 19.4 Å². The number of carbonyl (C=O) groups excluding carboxylic acids is 1. The number of rotatable bonds is 2. The Morgan fingerprint density at radius 1 is 1.29 bits per heavy atom. The van der Waals surface area contributed by atoms with Gasteiger partial charge < -0.3 is 9.84 Å². The van der Waals surface area contributed by atoms with Gasteiger partial charge in [0, 0.05) is 0 Å². The van der Waals surface area contributed by atoms with Crippen LogP contribution in [0.25, 0.3) is 0 Å². The molecule has 0 aromatic heterocycles. The summed E-state index contributed by atoms with van der Waals surface area (Å²) in [6, 6.07) is 0. The summed E-state index contributed by atoms with van der Waals surface area (Å²) in [4.78, 5) is 21.6. The second kappa shape index (κ2) is 3.83. The predicted octanol–water partition coefficient (Wildman–Crippen LogP) is 0.271. The summed E-state index contributed by atoms with van der Waals surface area (Å²) in [5.41, 5.74) is 2.77. The fourth-order valence-electron chi connectivity index (χ4n) is 0.569. The van der Waals surface area contributed by atoms with E-state index in [-0.39, 0.29) is 0 Å². The first-order valence-corrected chi connectivity index (χ1v) is 4.08. The van der Waals surface area contributed by atoms with Crippen molar-refractivity contribution in [3.05, 3.63) is 0 Å². The van der Waals surface area contributed by atoms with Crippen molar-refractivity contribution in [3.63, 3.8) is 0 Å². The zero-order valence-electron chi connectivity index (χ0n) is 8.75. The van der Waals surface area contributed by atoms with Crippen molar-refractivity contribution in [3.8, 4) is 0 Å². The van der Waals surface area contributed by atoms with Gasteiger partial charge in [0.15, 0.2) is 5.66 Å². The summed E-state index contributed by atoms with van der Waals surface area (Å²) in [6.07, 6.45) is -0.857. The molecule has 6 nitrogen and oxygen atoms in total. The average Bonchev–Trinajstić information content (AvgIpc) is 1.79. The third kappa shape index (κ3) is 4.66. The van der Waals surface area contributed by atoms with Crippen LogP contribution in [0.4, 0.5) is 4.79 Å². The molecule has 1 amide bonds. The molecule has 14 heavy (non-hydrogen) atoms. The van der Waals surface area contributed by atoms with Crippen molar-refractivity contribution in [1.82, 2.24) is 5.32 Å². The second-order valence-electron chi connectivity index (χ2n) is 4.13. The molecule has 6 heteroatoms. The molecule has 1 atom stereocenters. The fraction of sp³-hybridized carbons (Fsp3) is 0.750. The van der Waals surface area contributed by atoms with E-state index in [0.717, 1.165) is 0 Å². The third-order valence-corrected chi connectivity index (χ3v) is 1.20. The van der Waals surface area contributed by atoms with Crippen LogP contribution >= 0.6 is 0 Å². The molecule has 82 valence electrons. The quantitative estimate of drug-likeness (QED) is 0.560. The van der Waals surface area contributed by atoms with Gasteiger partial charge >= 0.3 is 12.1 Å². The Hall–Kier alpha value is -1.30. The van der Waals surface area contributed by atoms with Gasteiger partial charge in [0.05, 0.1) is 0 Å². The molecular formula is C8H16N2O4. The van der Waals surface area contributed by atoms with Gasteiger partial charge in [-0.25, -0.2) is 9.59 Å². The standard InChI is InChI=1S/C8H16N2O4/c1-7(2,3)14-6(13)10-8(4,9)5(11)12/h9H2,1-4H3,(H,10,13)(H,11,12). The number of alkyl carbamates (subject to hydrolysis) is 1. The lowest BCUT2D eigenvalue weighted by Gasteiger charge is -2.25. The molecule has 0 radical (unpaired) electrons. The Labute approximate surface area is 82.4 Å². The summed E-state index contributed by atoms with van der Waals surface area (Å²) < 4.78 is 4.83. The summed E-state index contributed by atoms with van der Waals surface area (Å²) in [5, 5.41) is 10.6. The van der Waals surface area contributed by atoms with E-state index in [1.807, 2.05) is 5.32 Å². The van der Waals surface area contributed by atoms with E-state index in [0.29, 0.717) is 0 Å². The summed E-state index contributed by atoms with van der Waals surface area (Å²) in [7, 11) is 0. The van der Waals surface area contributed by atoms with Crippen molar-refractivity contribution in [2.45, 2.75) is 39.0 Å². The molecule has 0 spiro atoms. The minimum absolute atomic E-state index is 0.682. The van der Waals surface area contributed by atoms with Gasteiger partial charge in [0.25, 0.3) is 0 Å². The van der Waals surface area contributed by atoms with Gasteiger partial charge in [-0.05, 0) is 27.7 Å². The maximum atomic E-state index is 11.1. The Morgan fingerprint density at radius 3 is 2.00 bits per heavy atom. The van der Waals surface area contributed by atoms with E-state index in [2.05, 4.69) is 0 Å². The Morgan fingerprint density at radius 2 is 1.71 bits per heavy atom. The van der Waals surface area contributed by atoms with Gasteiger partial charge in [-0.2, -0.15) is 0 Å². The van der Waals surface area contributed by atoms with Gasteiger partial charge in [-0.1, -0.05) is 0 Å². The van der Waals surface area contributed by atoms with Crippen LogP contribution in [0.15, 0.2) is 0 Å². The van der Waals surface area contributed by atoms with Crippen LogP contribution in [0.2, 0.25) is 0 Å². The summed E-state index contributed by atoms with van der Waals surface area (Å²) >= 11 is 0. The lowest BCUT2D eigenvalue weighted by molar-refractivity contribution is -0.143. The first kappa shape index (κ1) is 12.7. The lowest BCUT2D eigenvalue weighted by Crippen LogP contribution is -2.59. The largest absolute Gasteiger partial charge is 0.479 e. The number of nitrogens with two attached hydrogens (primary N) is 1. The first-order chi connectivity index (χ1) is 6.04. The Kier molecular flexibility index (Phi) is 3.47. The number of ether oxygens (including phenoxy) is 1. The minimum Gasteiger partial charge on any atom is -0.479 e. The number of aliphatic carboxylic acids is 1. The van der Waals surface area contributed by atoms with E-state index >= 15 is 0 Å². The molecule has 0 saturated carbocycles. The minimum atomic E-state index is -1.82. The van der Waals surface area contributed by atoms with E-state index in [9.17, 15) is 9.59 Å². The Bertz CT molecular complexity index is 242. The number of carboxylic acids is 1. The zero-order chi connectivity index (χ0) is 11.6. The molecule has 1 unspecified atom stereocenters. The smallest absolute Gasteiger partial charge is 0.409 e. The van der Waals surface area contributed by atoms with E-state index in [4.69, 9.17) is 15.6 Å². The third-order valence-electron chi connectivity index (χ3n) is 1.20. The van der Waals surface area contributed by atoms with Crippen molar-refractivity contribution in [2.75, 3.05) is 0 Å². The number of hydrogen-bond acceptors (Lipinski definition) is 4. The molecule has 0 rings (SSSR count). The molecule has 0 aliphatic carbocycles. The molecule has 0 bridgehead atoms. The number of hydrogen-bond donors (Lipinski definition) is 3. The molecule has 0 aliphatic heterocycles. The SMILES string of the molecule is CC(C)(C)OC(=O)NC(C)(N)C(=O)O. The lowest BCUT2D eigenvalue weighted by atomic mass is 10.2. The fourth-order valence-corrected chi connectivity index (χ4v) is 0.569. The molecular weight excluding hydrogens is 188 g/mol. The van der Waals surface area contributed by atoms with Gasteiger partial charge in [-0.15, -0.1) is 0 Å². The Balaban J connectivity index is 4.27. The van der Waals surface area contributed by atoms with E-state index in [1.165, 1.54) is 6.92 Å². The summed E-state index contributed by atoms with van der Waals surface area (Å²) in [6.45, 7) is 6.17. The van der Waals surface area contributed by atoms with Crippen molar-refractivity contribution >= 4 is 12.1 Å². The molecule has 0 aliphatic rings. The van der Waals surface area contributed by atoms with Crippen LogP contribution in [-0.2, 0) is 9.53 Å². The number of carboxylic acid groups (broad SMARTS) is 1. The zero-order valence-corrected chi connectivity index (χ0v) is 8.75. The highest BCUT2D eigenvalue weighted by atomic mass is 16.6. The maximum Gasteiger partial charge on any atom is 0.409 e. The highest BCUT2D eigenvalue weighted by Crippen LogP contribution is 2.07. The van der Waals surface area contributed by atoms with E-state index in [1.54, 1.807) is 20.8 Å². The maximum absolute atomic E-state index is 11.1. The number of amides is 1. The number of nitrogens with one attached hydrogen (secondary N) is 1. The molecule has 0 heterocycles. The number of carbonyl (C=O) groups is 2. The van der Waals surface area contributed by atoms with Crippen LogP contribution in [0, 0.1) is 0 Å². The monoisotopic (exact) mass is 204 g/mol. The second-order valence-corrected chi connectivity index (χ2v) is 4.13. The van der Waals surface area contributed by atoms with Crippen LogP contribution in [0.3, 0.4) is 0 Å². The van der Waals surface area contributed by atoms with Crippen molar-refractivity contribution in [1.29, 1.82) is 0 Å². The van der Waals surface area contributed by atoms with Crippen molar-refractivity contribution in [2.24, 2.45) is 5.73 Å². The average molecular weight is 204 g/mol. The molecule has 0 aromatic rings. The normalized spacial score (nSPS) is 15.5. The van der Waals surface area contributed by atoms with Crippen LogP contribution < -0.4 is 11.1 Å².